The average Bonchev–Trinajstić information content (AvgIpc) is 2.69. The molecule has 0 radical (unpaired) electrons. The predicted octanol–water partition coefficient (Wildman–Crippen LogP) is 0.0166. The molecule has 0 spiro atoms. The highest BCUT2D eigenvalue weighted by Crippen LogP contribution is 2.51. The van der Waals surface area contributed by atoms with Crippen molar-refractivity contribution < 1.29 is 44.7 Å². The Morgan fingerprint density at radius 1 is 1.12 bits per heavy atom. The minimum absolute atomic E-state index is 0.0234. The second kappa shape index (κ2) is 6.96. The predicted molar refractivity (Wildman–Crippen MR) is 105 cm³/mol. The quantitative estimate of drug-likeness (QED) is 0.258. The number of carbonyl (C=O) groups excluding carboxylic acids is 3. The van der Waals surface area contributed by atoms with Gasteiger partial charge >= 0.3 is 5.97 Å². The third kappa shape index (κ3) is 2.79. The molecule has 10 heteroatoms. The number of primary amides is 1. The summed E-state index contributed by atoms with van der Waals surface area (Å²) in [6, 6.07) is 2.52. The molecule has 3 aliphatic carbocycles. The zero-order chi connectivity index (χ0) is 23.5. The molecule has 1 amide bonds. The maximum Gasteiger partial charge on any atom is 0.382 e. The van der Waals surface area contributed by atoms with E-state index in [9.17, 15) is 39.6 Å². The van der Waals surface area contributed by atoms with Crippen molar-refractivity contribution in [1.82, 2.24) is 0 Å². The maximum absolute atomic E-state index is 13.3. The first-order valence-electron chi connectivity index (χ1n) is 9.55. The summed E-state index contributed by atoms with van der Waals surface area (Å²) in [5.74, 6) is -4.21. The molecular weight excluding hydrogens is 422 g/mol. The van der Waals surface area contributed by atoms with E-state index in [1.165, 1.54) is 6.07 Å². The van der Waals surface area contributed by atoms with E-state index in [0.717, 1.165) is 6.07 Å². The van der Waals surface area contributed by atoms with Gasteiger partial charge in [0.1, 0.15) is 22.8 Å². The van der Waals surface area contributed by atoms with Gasteiger partial charge in [-0.1, -0.05) is 5.92 Å². The van der Waals surface area contributed by atoms with Crippen molar-refractivity contribution in [2.24, 2.45) is 17.6 Å². The Morgan fingerprint density at radius 3 is 2.44 bits per heavy atom. The highest BCUT2D eigenvalue weighted by atomic mass is 16.4. The van der Waals surface area contributed by atoms with Gasteiger partial charge in [0.15, 0.2) is 11.4 Å². The zero-order valence-corrected chi connectivity index (χ0v) is 16.4. The average molecular weight is 439 g/mol. The SMILES string of the molecule is NC(=O)C1=C(O)C[C@@H]2C[C@@H]3Cc4c(C#CC(=O)O)ccc(O)c4C(=O)C3=C(O)[C@]2(O)C1=O. The number of hydrogen-bond acceptors (Lipinski definition) is 8. The van der Waals surface area contributed by atoms with Crippen LogP contribution >= 0.6 is 0 Å². The van der Waals surface area contributed by atoms with Gasteiger partial charge in [-0.2, -0.15) is 0 Å². The third-order valence-corrected chi connectivity index (χ3v) is 6.25. The number of aliphatic hydroxyl groups excluding tert-OH is 2. The molecule has 0 saturated carbocycles. The topological polar surface area (TPSA) is 195 Å². The number of hydrogen-bond donors (Lipinski definition) is 6. The molecule has 0 saturated heterocycles. The van der Waals surface area contributed by atoms with Crippen LogP contribution in [0, 0.1) is 23.7 Å². The lowest BCUT2D eigenvalue weighted by atomic mass is 9.60. The molecule has 0 fully saturated rings. The molecule has 0 heterocycles. The molecule has 164 valence electrons. The molecule has 3 atom stereocenters. The van der Waals surface area contributed by atoms with Crippen LogP contribution in [-0.4, -0.2) is 54.6 Å². The number of amides is 1. The Bertz CT molecular complexity index is 1260. The molecule has 0 bridgehead atoms. The third-order valence-electron chi connectivity index (χ3n) is 6.25. The number of aliphatic carboxylic acids is 1. The monoisotopic (exact) mass is 439 g/mol. The summed E-state index contributed by atoms with van der Waals surface area (Å²) in [6.45, 7) is 0. The fraction of sp³-hybridized carbons (Fsp3) is 0.273. The fourth-order valence-corrected chi connectivity index (χ4v) is 4.86. The molecule has 32 heavy (non-hydrogen) atoms. The highest BCUT2D eigenvalue weighted by Gasteiger charge is 2.59. The van der Waals surface area contributed by atoms with Crippen molar-refractivity contribution in [2.75, 3.05) is 0 Å². The van der Waals surface area contributed by atoms with E-state index in [1.54, 1.807) is 0 Å². The lowest BCUT2D eigenvalue weighted by Gasteiger charge is -2.45. The van der Waals surface area contributed by atoms with Gasteiger partial charge in [-0.3, -0.25) is 14.4 Å². The number of carboxylic acids is 1. The van der Waals surface area contributed by atoms with Gasteiger partial charge in [0.05, 0.1) is 5.56 Å². The summed E-state index contributed by atoms with van der Waals surface area (Å²) in [6.07, 6.45) is -0.308. The number of ketones is 2. The zero-order valence-electron chi connectivity index (χ0n) is 16.4. The molecule has 0 aliphatic heterocycles. The van der Waals surface area contributed by atoms with Crippen molar-refractivity contribution in [3.8, 4) is 17.6 Å². The van der Waals surface area contributed by atoms with E-state index < -0.39 is 63.7 Å². The van der Waals surface area contributed by atoms with Crippen LogP contribution in [-0.2, 0) is 20.8 Å². The minimum Gasteiger partial charge on any atom is -0.511 e. The molecular formula is C22H17NO9. The number of allylic oxidation sites excluding steroid dienone is 2. The van der Waals surface area contributed by atoms with Crippen molar-refractivity contribution in [1.29, 1.82) is 0 Å². The Hall–Kier alpha value is -4.10. The van der Waals surface area contributed by atoms with E-state index in [4.69, 9.17) is 10.8 Å². The van der Waals surface area contributed by atoms with Crippen LogP contribution in [0.4, 0.5) is 0 Å². The summed E-state index contributed by atoms with van der Waals surface area (Å²) in [5, 5.41) is 51.3. The number of phenolic OH excluding ortho intramolecular Hbond substituents is 1. The summed E-state index contributed by atoms with van der Waals surface area (Å²) >= 11 is 0. The number of carbonyl (C=O) groups is 4. The molecule has 7 N–H and O–H groups in total. The number of aliphatic hydroxyl groups is 3. The first kappa shape index (κ1) is 21.1. The van der Waals surface area contributed by atoms with Gasteiger partial charge in [0.2, 0.25) is 5.78 Å². The van der Waals surface area contributed by atoms with E-state index in [1.807, 2.05) is 5.92 Å². The Labute approximate surface area is 180 Å². The number of aromatic hydroxyl groups is 1. The highest BCUT2D eigenvalue weighted by molar-refractivity contribution is 6.24. The summed E-state index contributed by atoms with van der Waals surface area (Å²) in [5.41, 5.74) is 1.62. The van der Waals surface area contributed by atoms with E-state index in [-0.39, 0.29) is 41.5 Å². The van der Waals surface area contributed by atoms with Gasteiger partial charge in [0.25, 0.3) is 5.91 Å². The Kier molecular flexibility index (Phi) is 4.60. The van der Waals surface area contributed by atoms with Crippen LogP contribution in [0.15, 0.2) is 34.8 Å². The van der Waals surface area contributed by atoms with Gasteiger partial charge in [-0.25, -0.2) is 4.79 Å². The van der Waals surface area contributed by atoms with Crippen LogP contribution in [0.5, 0.6) is 5.75 Å². The molecule has 0 aromatic heterocycles. The normalized spacial score (nSPS) is 26.5. The second-order valence-electron chi connectivity index (χ2n) is 7.95. The fourth-order valence-electron chi connectivity index (χ4n) is 4.86. The van der Waals surface area contributed by atoms with E-state index >= 15 is 0 Å². The smallest absolute Gasteiger partial charge is 0.382 e. The first-order chi connectivity index (χ1) is 15.0. The van der Waals surface area contributed by atoms with Crippen LogP contribution < -0.4 is 5.73 Å². The molecule has 3 aliphatic rings. The van der Waals surface area contributed by atoms with Crippen molar-refractivity contribution in [2.45, 2.75) is 24.9 Å². The number of rotatable bonds is 1. The number of Topliss-reactive ketones (excluding diaryl/α,β-unsaturated/α-hetero) is 2. The number of phenols is 1. The Balaban J connectivity index is 1.90. The van der Waals surface area contributed by atoms with E-state index in [2.05, 4.69) is 5.92 Å². The van der Waals surface area contributed by atoms with Crippen LogP contribution in [0.1, 0.15) is 34.3 Å². The lowest BCUT2D eigenvalue weighted by Crippen LogP contribution is -2.57. The van der Waals surface area contributed by atoms with Gasteiger partial charge < -0.3 is 31.3 Å². The maximum atomic E-state index is 13.3. The van der Waals surface area contributed by atoms with Crippen molar-refractivity contribution in [3.05, 3.63) is 51.5 Å². The van der Waals surface area contributed by atoms with Crippen molar-refractivity contribution >= 4 is 23.4 Å². The molecule has 4 rings (SSSR count). The van der Waals surface area contributed by atoms with Gasteiger partial charge in [0, 0.05) is 29.4 Å². The van der Waals surface area contributed by atoms with Crippen LogP contribution in [0.2, 0.25) is 0 Å². The summed E-state index contributed by atoms with van der Waals surface area (Å²) in [7, 11) is 0. The minimum atomic E-state index is -2.63. The summed E-state index contributed by atoms with van der Waals surface area (Å²) in [4.78, 5) is 48.5. The Morgan fingerprint density at radius 2 is 1.81 bits per heavy atom. The van der Waals surface area contributed by atoms with E-state index in [0.29, 0.717) is 0 Å². The molecule has 0 unspecified atom stereocenters. The molecule has 10 nitrogen and oxygen atoms in total. The van der Waals surface area contributed by atoms with Gasteiger partial charge in [-0.05, 0) is 36.5 Å². The molecule has 1 aromatic rings. The summed E-state index contributed by atoms with van der Waals surface area (Å²) < 4.78 is 0. The van der Waals surface area contributed by atoms with Gasteiger partial charge in [-0.15, -0.1) is 0 Å². The molecule has 1 aromatic carbocycles. The number of benzene rings is 1. The van der Waals surface area contributed by atoms with Crippen LogP contribution in [0.3, 0.4) is 0 Å². The number of carboxylic acid groups (broad SMARTS) is 1. The number of fused-ring (bicyclic) bond motifs is 3. The number of nitrogens with two attached hydrogens (primary N) is 1. The lowest BCUT2D eigenvalue weighted by molar-refractivity contribution is -0.144. The van der Waals surface area contributed by atoms with Crippen molar-refractivity contribution in [3.63, 3.8) is 0 Å². The standard InChI is InChI=1S/C22H17NO9/c23-21(31)17-13(25)7-10-5-9-6-11-8(2-4-14(26)27)1-3-12(24)16(11)18(28)15(9)19(29)22(10,32)20(17)30/h1,3,9-10,24-25,29,32H,5-7H2,(H2,23,31)(H,26,27)/t9-,10+,22+/m1/s1. The first-order valence-corrected chi connectivity index (χ1v) is 9.55. The largest absolute Gasteiger partial charge is 0.511 e. The van der Waals surface area contributed by atoms with Crippen LogP contribution in [0.25, 0.3) is 0 Å². The second-order valence-corrected chi connectivity index (χ2v) is 7.95.